The van der Waals surface area contributed by atoms with Crippen LogP contribution in [-0.4, -0.2) is 52.6 Å². The molecule has 1 saturated carbocycles. The lowest BCUT2D eigenvalue weighted by molar-refractivity contribution is -0.136. The van der Waals surface area contributed by atoms with Crippen LogP contribution in [0.1, 0.15) is 37.3 Å². The Morgan fingerprint density at radius 3 is 2.59 bits per heavy atom. The van der Waals surface area contributed by atoms with Crippen LogP contribution in [0.15, 0.2) is 59.9 Å². The van der Waals surface area contributed by atoms with Crippen LogP contribution in [-0.2, 0) is 19.8 Å². The standard InChI is InChI=1S/C30H29ClF3N7O3/c1-3-44-26-11-19(21-6-5-20(31)12-22(21)27-38-36-17-39(27)2)10-25(37-26)41-15-24-23(30(32,33)34)9-18(14-40(24)28(41)42)13-35-16-29(43)7-4-8-29/h5-6,9-12,14-15,17,35,43H,3-4,7-8,13,16H2,1-2H3. The lowest BCUT2D eigenvalue weighted by atomic mass is 9.80. The molecule has 5 aromatic rings. The average molecular weight is 628 g/mol. The Morgan fingerprint density at radius 1 is 1.14 bits per heavy atom. The second-order valence-corrected chi connectivity index (χ2v) is 11.4. The molecular weight excluding hydrogens is 599 g/mol. The lowest BCUT2D eigenvalue weighted by Gasteiger charge is -2.36. The zero-order valence-electron chi connectivity index (χ0n) is 23.9. The first-order chi connectivity index (χ1) is 21.0. The third-order valence-corrected chi connectivity index (χ3v) is 8.00. The summed E-state index contributed by atoms with van der Waals surface area (Å²) in [7, 11) is 1.78. The van der Waals surface area contributed by atoms with Gasteiger partial charge in [-0.25, -0.2) is 4.79 Å². The Hall–Kier alpha value is -4.20. The van der Waals surface area contributed by atoms with Gasteiger partial charge in [-0.1, -0.05) is 17.7 Å². The Labute approximate surface area is 254 Å². The number of halogens is 4. The third kappa shape index (κ3) is 5.70. The summed E-state index contributed by atoms with van der Waals surface area (Å²) in [5.41, 5.74) is -0.716. The van der Waals surface area contributed by atoms with Gasteiger partial charge in [0.25, 0.3) is 0 Å². The van der Waals surface area contributed by atoms with Crippen LogP contribution >= 0.6 is 11.6 Å². The van der Waals surface area contributed by atoms with Crippen molar-refractivity contribution in [3.8, 4) is 34.2 Å². The molecule has 14 heteroatoms. The van der Waals surface area contributed by atoms with E-state index in [-0.39, 0.29) is 42.5 Å². The molecule has 1 fully saturated rings. The predicted molar refractivity (Wildman–Crippen MR) is 158 cm³/mol. The van der Waals surface area contributed by atoms with E-state index >= 15 is 0 Å². The number of hydrogen-bond donors (Lipinski definition) is 2. The van der Waals surface area contributed by atoms with E-state index < -0.39 is 23.0 Å². The first-order valence-corrected chi connectivity index (χ1v) is 14.4. The summed E-state index contributed by atoms with van der Waals surface area (Å²) in [6.07, 6.45) is 1.51. The van der Waals surface area contributed by atoms with Crippen LogP contribution in [0, 0.1) is 0 Å². The number of pyridine rings is 2. The van der Waals surface area contributed by atoms with E-state index in [1.807, 2.05) is 0 Å². The number of hydrogen-bond acceptors (Lipinski definition) is 7. The zero-order chi connectivity index (χ0) is 31.2. The second kappa shape index (κ2) is 11.4. The molecule has 1 aliphatic carbocycles. The van der Waals surface area contributed by atoms with E-state index in [0.717, 1.165) is 27.7 Å². The molecule has 2 N–H and O–H groups in total. The molecule has 0 atom stereocenters. The Bertz CT molecular complexity index is 1910. The quantitative estimate of drug-likeness (QED) is 0.236. The molecule has 44 heavy (non-hydrogen) atoms. The minimum absolute atomic E-state index is 0.0442. The Kier molecular flexibility index (Phi) is 7.72. The van der Waals surface area contributed by atoms with E-state index in [9.17, 15) is 23.1 Å². The fourth-order valence-corrected chi connectivity index (χ4v) is 5.58. The SMILES string of the molecule is CCOc1cc(-c2ccc(Cl)cc2-c2nncn2C)cc(-n2cc3c(C(F)(F)F)cc(CNCC4(O)CCC4)cn3c2=O)n1. The second-order valence-electron chi connectivity index (χ2n) is 10.9. The van der Waals surface area contributed by atoms with Gasteiger partial charge in [0.2, 0.25) is 5.88 Å². The molecule has 0 unspecified atom stereocenters. The van der Waals surface area contributed by atoms with Crippen molar-refractivity contribution in [3.05, 3.63) is 81.8 Å². The van der Waals surface area contributed by atoms with Gasteiger partial charge >= 0.3 is 11.9 Å². The fourth-order valence-electron chi connectivity index (χ4n) is 5.41. The van der Waals surface area contributed by atoms with Crippen LogP contribution in [0.2, 0.25) is 5.02 Å². The molecule has 0 aliphatic heterocycles. The van der Waals surface area contributed by atoms with Gasteiger partial charge in [0.15, 0.2) is 5.82 Å². The van der Waals surface area contributed by atoms with Gasteiger partial charge in [-0.3, -0.25) is 8.97 Å². The maximum Gasteiger partial charge on any atom is 0.418 e. The van der Waals surface area contributed by atoms with Crippen molar-refractivity contribution in [1.29, 1.82) is 0 Å². The van der Waals surface area contributed by atoms with Crippen molar-refractivity contribution < 1.29 is 23.0 Å². The molecule has 1 aliphatic rings. The summed E-state index contributed by atoms with van der Waals surface area (Å²) in [6, 6.07) is 9.51. The summed E-state index contributed by atoms with van der Waals surface area (Å²) in [6.45, 7) is 2.33. The summed E-state index contributed by atoms with van der Waals surface area (Å²) >= 11 is 6.32. The fraction of sp³-hybridized carbons (Fsp3) is 0.333. The van der Waals surface area contributed by atoms with Crippen LogP contribution in [0.5, 0.6) is 5.88 Å². The van der Waals surface area contributed by atoms with E-state index in [1.54, 1.807) is 55.2 Å². The minimum Gasteiger partial charge on any atom is -0.478 e. The molecule has 10 nitrogen and oxygen atoms in total. The maximum atomic E-state index is 14.3. The molecule has 0 radical (unpaired) electrons. The highest BCUT2D eigenvalue weighted by atomic mass is 35.5. The number of aliphatic hydroxyl groups is 1. The van der Waals surface area contributed by atoms with Crippen molar-refractivity contribution in [3.63, 3.8) is 0 Å². The van der Waals surface area contributed by atoms with Gasteiger partial charge in [-0.05, 0) is 67.1 Å². The molecule has 0 spiro atoms. The van der Waals surface area contributed by atoms with Crippen LogP contribution in [0.25, 0.3) is 33.8 Å². The Balaban J connectivity index is 1.47. The summed E-state index contributed by atoms with van der Waals surface area (Å²) in [4.78, 5) is 18.1. The average Bonchev–Trinajstić information content (AvgIpc) is 3.54. The summed E-state index contributed by atoms with van der Waals surface area (Å²) in [5, 5.41) is 22.0. The van der Waals surface area contributed by atoms with Crippen LogP contribution in [0.4, 0.5) is 13.2 Å². The van der Waals surface area contributed by atoms with Crippen LogP contribution in [0.3, 0.4) is 0 Å². The first kappa shape index (κ1) is 29.9. The summed E-state index contributed by atoms with van der Waals surface area (Å²) in [5.74, 6) is 0.778. The predicted octanol–water partition coefficient (Wildman–Crippen LogP) is 5.02. The number of rotatable bonds is 9. The third-order valence-electron chi connectivity index (χ3n) is 7.77. The summed E-state index contributed by atoms with van der Waals surface area (Å²) < 4.78 is 52.3. The number of fused-ring (bicyclic) bond motifs is 1. The Morgan fingerprint density at radius 2 is 1.93 bits per heavy atom. The molecule has 0 amide bonds. The minimum atomic E-state index is -4.73. The number of nitrogens with zero attached hydrogens (tertiary/aromatic N) is 6. The topological polar surface area (TPSA) is 112 Å². The molecular formula is C30H29ClF3N7O3. The van der Waals surface area contributed by atoms with Crippen molar-refractivity contribution in [1.82, 2.24) is 34.0 Å². The molecule has 4 heterocycles. The number of benzene rings is 1. The van der Waals surface area contributed by atoms with Crippen molar-refractivity contribution in [2.24, 2.45) is 7.05 Å². The van der Waals surface area contributed by atoms with E-state index in [1.165, 1.54) is 6.20 Å². The number of ether oxygens (including phenoxy) is 1. The number of imidazole rings is 1. The van der Waals surface area contributed by atoms with Crippen molar-refractivity contribution in [2.45, 2.75) is 44.5 Å². The van der Waals surface area contributed by atoms with E-state index in [0.29, 0.717) is 40.4 Å². The van der Waals surface area contributed by atoms with Gasteiger partial charge in [-0.2, -0.15) is 18.2 Å². The van der Waals surface area contributed by atoms with Gasteiger partial charge in [-0.15, -0.1) is 10.2 Å². The largest absolute Gasteiger partial charge is 0.478 e. The highest BCUT2D eigenvalue weighted by Gasteiger charge is 2.36. The molecule has 230 valence electrons. The van der Waals surface area contributed by atoms with Crippen LogP contribution < -0.4 is 15.7 Å². The smallest absolute Gasteiger partial charge is 0.418 e. The number of alkyl halides is 3. The molecule has 1 aromatic carbocycles. The molecule has 0 bridgehead atoms. The zero-order valence-corrected chi connectivity index (χ0v) is 24.7. The van der Waals surface area contributed by atoms with E-state index in [4.69, 9.17) is 16.3 Å². The lowest BCUT2D eigenvalue weighted by Crippen LogP contribution is -2.46. The number of nitrogens with one attached hydrogen (secondary N) is 1. The van der Waals surface area contributed by atoms with Crippen molar-refractivity contribution in [2.75, 3.05) is 13.2 Å². The molecule has 6 rings (SSSR count). The molecule has 0 saturated heterocycles. The van der Waals surface area contributed by atoms with Gasteiger partial charge in [0.1, 0.15) is 12.1 Å². The van der Waals surface area contributed by atoms with Crippen molar-refractivity contribution >= 4 is 17.1 Å². The highest BCUT2D eigenvalue weighted by Crippen LogP contribution is 2.37. The normalized spacial score (nSPS) is 14.6. The van der Waals surface area contributed by atoms with E-state index in [2.05, 4.69) is 20.5 Å². The highest BCUT2D eigenvalue weighted by molar-refractivity contribution is 6.31. The van der Waals surface area contributed by atoms with Gasteiger partial charge < -0.3 is 19.7 Å². The molecule has 4 aromatic heterocycles. The van der Waals surface area contributed by atoms with Gasteiger partial charge in [0, 0.05) is 49.2 Å². The number of aromatic nitrogens is 6. The number of aryl methyl sites for hydroxylation is 1. The maximum absolute atomic E-state index is 14.3. The van der Waals surface area contributed by atoms with Gasteiger partial charge in [0.05, 0.1) is 23.3 Å². The first-order valence-electron chi connectivity index (χ1n) is 14.0. The monoisotopic (exact) mass is 627 g/mol.